The number of amides is 1. The fraction of sp³-hybridized carbons (Fsp3) is 0.565. The van der Waals surface area contributed by atoms with Crippen LogP contribution in [0.1, 0.15) is 28.9 Å². The zero-order valence-electron chi connectivity index (χ0n) is 18.8. The highest BCUT2D eigenvalue weighted by Gasteiger charge is 2.20. The van der Waals surface area contributed by atoms with Gasteiger partial charge in [0.25, 0.3) is 0 Å². The van der Waals surface area contributed by atoms with Gasteiger partial charge in [0, 0.05) is 57.1 Å². The van der Waals surface area contributed by atoms with Gasteiger partial charge in [0.1, 0.15) is 5.75 Å². The van der Waals surface area contributed by atoms with Gasteiger partial charge in [-0.3, -0.25) is 19.3 Å². The highest BCUT2D eigenvalue weighted by atomic mass is 16.5. The monoisotopic (exact) mass is 413 g/mol. The summed E-state index contributed by atoms with van der Waals surface area (Å²) in [5.41, 5.74) is 4.68. The SMILES string of the molecule is COc1ccc(C)cc1CN1CCN(CC(=O)NCCCn2nc(C)cc2C)CC1. The molecule has 1 N–H and O–H groups in total. The molecule has 7 heteroatoms. The summed E-state index contributed by atoms with van der Waals surface area (Å²) in [4.78, 5) is 16.9. The highest BCUT2D eigenvalue weighted by molar-refractivity contribution is 5.77. The summed E-state index contributed by atoms with van der Waals surface area (Å²) < 4.78 is 7.51. The Morgan fingerprint density at radius 2 is 1.83 bits per heavy atom. The average Bonchev–Trinajstić information content (AvgIpc) is 3.04. The molecule has 1 aliphatic heterocycles. The van der Waals surface area contributed by atoms with Crippen LogP contribution in [-0.4, -0.2) is 71.9 Å². The van der Waals surface area contributed by atoms with Crippen LogP contribution >= 0.6 is 0 Å². The maximum absolute atomic E-state index is 12.3. The number of carbonyl (C=O) groups is 1. The van der Waals surface area contributed by atoms with Crippen LogP contribution in [0.4, 0.5) is 0 Å². The number of nitrogens with one attached hydrogen (secondary N) is 1. The molecule has 7 nitrogen and oxygen atoms in total. The van der Waals surface area contributed by atoms with Crippen molar-refractivity contribution in [3.05, 3.63) is 46.8 Å². The molecule has 3 rings (SSSR count). The van der Waals surface area contributed by atoms with Crippen LogP contribution in [0.3, 0.4) is 0 Å². The Hall–Kier alpha value is -2.38. The predicted molar refractivity (Wildman–Crippen MR) is 119 cm³/mol. The summed E-state index contributed by atoms with van der Waals surface area (Å²) in [6.07, 6.45) is 0.889. The summed E-state index contributed by atoms with van der Waals surface area (Å²) in [6, 6.07) is 8.40. The second kappa shape index (κ2) is 10.6. The van der Waals surface area contributed by atoms with Gasteiger partial charge >= 0.3 is 0 Å². The molecule has 0 unspecified atom stereocenters. The van der Waals surface area contributed by atoms with Gasteiger partial charge in [0.2, 0.25) is 5.91 Å². The lowest BCUT2D eigenvalue weighted by Gasteiger charge is -2.34. The van der Waals surface area contributed by atoms with Gasteiger partial charge in [0.15, 0.2) is 0 Å². The summed E-state index contributed by atoms with van der Waals surface area (Å²) in [5, 5.41) is 7.50. The molecule has 1 aromatic heterocycles. The number of aromatic nitrogens is 2. The van der Waals surface area contributed by atoms with Crippen LogP contribution in [0.2, 0.25) is 0 Å². The number of hydrogen-bond donors (Lipinski definition) is 1. The van der Waals surface area contributed by atoms with Crippen molar-refractivity contribution < 1.29 is 9.53 Å². The first-order valence-corrected chi connectivity index (χ1v) is 10.8. The van der Waals surface area contributed by atoms with E-state index in [-0.39, 0.29) is 5.91 Å². The van der Waals surface area contributed by atoms with Crippen molar-refractivity contribution in [2.24, 2.45) is 0 Å². The second-order valence-corrected chi connectivity index (χ2v) is 8.22. The Morgan fingerprint density at radius 1 is 1.10 bits per heavy atom. The number of nitrogens with zero attached hydrogens (tertiary/aromatic N) is 4. The fourth-order valence-electron chi connectivity index (χ4n) is 3.99. The van der Waals surface area contributed by atoms with Crippen LogP contribution < -0.4 is 10.1 Å². The number of piperazine rings is 1. The first-order valence-electron chi connectivity index (χ1n) is 10.8. The van der Waals surface area contributed by atoms with E-state index in [1.54, 1.807) is 7.11 Å². The maximum Gasteiger partial charge on any atom is 0.234 e. The van der Waals surface area contributed by atoms with E-state index >= 15 is 0 Å². The third kappa shape index (κ3) is 6.31. The van der Waals surface area contributed by atoms with E-state index in [0.717, 1.165) is 57.1 Å². The largest absolute Gasteiger partial charge is 0.496 e. The van der Waals surface area contributed by atoms with Gasteiger partial charge in [-0.25, -0.2) is 0 Å². The molecule has 1 saturated heterocycles. The number of ether oxygens (including phenoxy) is 1. The zero-order chi connectivity index (χ0) is 21.5. The molecule has 164 valence electrons. The van der Waals surface area contributed by atoms with Gasteiger partial charge in [-0.15, -0.1) is 0 Å². The van der Waals surface area contributed by atoms with E-state index < -0.39 is 0 Å². The number of rotatable bonds is 9. The zero-order valence-corrected chi connectivity index (χ0v) is 18.8. The Labute approximate surface area is 180 Å². The summed E-state index contributed by atoms with van der Waals surface area (Å²) in [7, 11) is 1.72. The van der Waals surface area contributed by atoms with Crippen LogP contribution in [0.25, 0.3) is 0 Å². The summed E-state index contributed by atoms with van der Waals surface area (Å²) in [5.74, 6) is 1.06. The van der Waals surface area contributed by atoms with E-state index in [9.17, 15) is 4.79 Å². The molecule has 2 heterocycles. The Balaban J connectivity index is 1.34. The quantitative estimate of drug-likeness (QED) is 0.638. The van der Waals surface area contributed by atoms with Crippen LogP contribution in [-0.2, 0) is 17.9 Å². The van der Waals surface area contributed by atoms with Crippen molar-refractivity contribution in [3.63, 3.8) is 0 Å². The number of aryl methyl sites for hydroxylation is 4. The Kier molecular flexibility index (Phi) is 7.87. The van der Waals surface area contributed by atoms with Crippen molar-refractivity contribution in [3.8, 4) is 5.75 Å². The predicted octanol–water partition coefficient (Wildman–Crippen LogP) is 2.14. The first kappa shape index (κ1) is 22.3. The van der Waals surface area contributed by atoms with E-state index in [2.05, 4.69) is 52.3 Å². The lowest BCUT2D eigenvalue weighted by Crippen LogP contribution is -2.49. The van der Waals surface area contributed by atoms with E-state index in [4.69, 9.17) is 4.74 Å². The fourth-order valence-corrected chi connectivity index (χ4v) is 3.99. The van der Waals surface area contributed by atoms with Crippen LogP contribution in [0.15, 0.2) is 24.3 Å². The smallest absolute Gasteiger partial charge is 0.234 e. The van der Waals surface area contributed by atoms with Crippen molar-refractivity contribution >= 4 is 5.91 Å². The molecule has 1 aromatic carbocycles. The average molecular weight is 414 g/mol. The number of hydrogen-bond acceptors (Lipinski definition) is 5. The van der Waals surface area contributed by atoms with Crippen LogP contribution in [0.5, 0.6) is 5.75 Å². The van der Waals surface area contributed by atoms with Gasteiger partial charge in [-0.1, -0.05) is 17.7 Å². The van der Waals surface area contributed by atoms with Crippen molar-refractivity contribution in [1.29, 1.82) is 0 Å². The van der Waals surface area contributed by atoms with Crippen LogP contribution in [0, 0.1) is 20.8 Å². The third-order valence-corrected chi connectivity index (χ3v) is 5.63. The maximum atomic E-state index is 12.3. The number of methoxy groups -OCH3 is 1. The third-order valence-electron chi connectivity index (χ3n) is 5.63. The van der Waals surface area contributed by atoms with E-state index in [1.165, 1.54) is 16.8 Å². The molecule has 30 heavy (non-hydrogen) atoms. The molecule has 0 bridgehead atoms. The lowest BCUT2D eigenvalue weighted by atomic mass is 10.1. The molecule has 1 fully saturated rings. The first-order chi connectivity index (χ1) is 14.4. The van der Waals surface area contributed by atoms with Gasteiger partial charge in [-0.05, 0) is 39.3 Å². The molecular formula is C23H35N5O2. The van der Waals surface area contributed by atoms with E-state index in [0.29, 0.717) is 13.1 Å². The molecular weight excluding hydrogens is 378 g/mol. The molecule has 0 atom stereocenters. The van der Waals surface area contributed by atoms with Gasteiger partial charge in [-0.2, -0.15) is 5.10 Å². The molecule has 0 aliphatic carbocycles. The van der Waals surface area contributed by atoms with Crippen molar-refractivity contribution in [2.75, 3.05) is 46.4 Å². The Morgan fingerprint density at radius 3 is 2.50 bits per heavy atom. The topological polar surface area (TPSA) is 62.6 Å². The molecule has 1 amide bonds. The lowest BCUT2D eigenvalue weighted by molar-refractivity contribution is -0.122. The molecule has 1 aliphatic rings. The minimum absolute atomic E-state index is 0.108. The minimum Gasteiger partial charge on any atom is -0.496 e. The molecule has 0 saturated carbocycles. The summed E-state index contributed by atoms with van der Waals surface area (Å²) >= 11 is 0. The second-order valence-electron chi connectivity index (χ2n) is 8.22. The normalized spacial score (nSPS) is 15.3. The molecule has 0 spiro atoms. The molecule has 2 aromatic rings. The standard InChI is InChI=1S/C23H35N5O2/c1-18-6-7-22(30-4)21(14-18)16-26-10-12-27(13-11-26)17-23(29)24-8-5-9-28-20(3)15-19(2)25-28/h6-7,14-15H,5,8-13,16-17H2,1-4H3,(H,24,29). The number of carbonyl (C=O) groups excluding carboxylic acids is 1. The number of benzene rings is 1. The van der Waals surface area contributed by atoms with Gasteiger partial charge in [0.05, 0.1) is 19.3 Å². The Bertz CT molecular complexity index is 840. The van der Waals surface area contributed by atoms with Crippen molar-refractivity contribution in [2.45, 2.75) is 40.3 Å². The minimum atomic E-state index is 0.108. The highest BCUT2D eigenvalue weighted by Crippen LogP contribution is 2.22. The van der Waals surface area contributed by atoms with Crippen molar-refractivity contribution in [1.82, 2.24) is 24.9 Å². The van der Waals surface area contributed by atoms with E-state index in [1.807, 2.05) is 17.7 Å². The molecule has 0 radical (unpaired) electrons. The summed E-state index contributed by atoms with van der Waals surface area (Å²) in [6.45, 7) is 12.8. The van der Waals surface area contributed by atoms with Gasteiger partial charge < -0.3 is 10.1 Å².